The zero-order chi connectivity index (χ0) is 12.8. The van der Waals surface area contributed by atoms with Crippen LogP contribution in [0.25, 0.3) is 0 Å². The van der Waals surface area contributed by atoms with Crippen LogP contribution in [0.4, 0.5) is 0 Å². The van der Waals surface area contributed by atoms with Crippen LogP contribution in [-0.4, -0.2) is 34.7 Å². The van der Waals surface area contributed by atoms with Crippen LogP contribution in [0, 0.1) is 0 Å². The first-order valence-electron chi connectivity index (χ1n) is 4.44. The minimum Gasteiger partial charge on any atom is -0.323 e. The summed E-state index contributed by atoms with van der Waals surface area (Å²) in [5.41, 5.74) is -0.0686. The predicted molar refractivity (Wildman–Crippen MR) is 56.7 cm³/mol. The molecule has 1 aromatic carbocycles. The third-order valence-corrected chi connectivity index (χ3v) is 4.85. The average Bonchev–Trinajstić information content (AvgIpc) is 2.39. The van der Waals surface area contributed by atoms with Crippen LogP contribution in [0.2, 0.25) is 0 Å². The third kappa shape index (κ3) is 2.00. The first-order valence-corrected chi connectivity index (χ1v) is 7.68. The summed E-state index contributed by atoms with van der Waals surface area (Å²) in [7, 11) is -8.77. The van der Waals surface area contributed by atoms with E-state index in [4.69, 9.17) is 9.79 Å². The second-order valence-electron chi connectivity index (χ2n) is 3.46. The standard InChI is InChI=1S/C8H8NO6PS/c10-8-6-3-1-2-4-7(6)17(14,15)9(8)5-16(11,12)13/h1-4H,5H2,(H2,11,12,13). The summed E-state index contributed by atoms with van der Waals surface area (Å²) < 4.78 is 34.7. The van der Waals surface area contributed by atoms with E-state index in [0.29, 0.717) is 0 Å². The molecule has 17 heavy (non-hydrogen) atoms. The molecule has 2 rings (SSSR count). The monoisotopic (exact) mass is 277 g/mol. The summed E-state index contributed by atoms with van der Waals surface area (Å²) in [6.45, 7) is 0. The van der Waals surface area contributed by atoms with E-state index in [-0.39, 0.29) is 14.8 Å². The number of fused-ring (bicyclic) bond motifs is 1. The zero-order valence-corrected chi connectivity index (χ0v) is 10.1. The lowest BCUT2D eigenvalue weighted by atomic mass is 10.2. The Labute approximate surface area is 96.9 Å². The van der Waals surface area contributed by atoms with Gasteiger partial charge in [0.15, 0.2) is 0 Å². The summed E-state index contributed by atoms with van der Waals surface area (Å²) in [6, 6.07) is 5.44. The van der Waals surface area contributed by atoms with Gasteiger partial charge in [0.05, 0.1) is 5.56 Å². The van der Waals surface area contributed by atoms with Crippen molar-refractivity contribution in [1.29, 1.82) is 0 Å². The lowest BCUT2D eigenvalue weighted by Crippen LogP contribution is -2.30. The number of nitrogens with zero attached hydrogens (tertiary/aromatic N) is 1. The number of carbonyl (C=O) groups excluding carboxylic acids is 1. The van der Waals surface area contributed by atoms with Crippen LogP contribution in [0.3, 0.4) is 0 Å². The van der Waals surface area contributed by atoms with Gasteiger partial charge in [0.1, 0.15) is 11.2 Å². The summed E-state index contributed by atoms with van der Waals surface area (Å²) in [5, 5.41) is 0. The highest BCUT2D eigenvalue weighted by Crippen LogP contribution is 2.40. The van der Waals surface area contributed by atoms with Gasteiger partial charge < -0.3 is 9.79 Å². The van der Waals surface area contributed by atoms with Gasteiger partial charge in [-0.3, -0.25) is 9.36 Å². The second kappa shape index (κ2) is 3.64. The average molecular weight is 277 g/mol. The quantitative estimate of drug-likeness (QED) is 0.734. The molecule has 1 aromatic rings. The second-order valence-corrected chi connectivity index (χ2v) is 6.90. The molecule has 0 aliphatic carbocycles. The van der Waals surface area contributed by atoms with Crippen molar-refractivity contribution in [3.8, 4) is 0 Å². The Bertz CT molecular complexity index is 633. The van der Waals surface area contributed by atoms with Crippen molar-refractivity contribution in [3.05, 3.63) is 29.8 Å². The largest absolute Gasteiger partial charge is 0.346 e. The van der Waals surface area contributed by atoms with Gasteiger partial charge in [-0.15, -0.1) is 0 Å². The molecule has 0 fully saturated rings. The molecule has 0 radical (unpaired) electrons. The first-order chi connectivity index (χ1) is 7.73. The Morgan fingerprint density at radius 2 is 1.82 bits per heavy atom. The van der Waals surface area contributed by atoms with Gasteiger partial charge in [0.2, 0.25) is 0 Å². The van der Waals surface area contributed by atoms with Gasteiger partial charge in [0, 0.05) is 0 Å². The predicted octanol–water partition coefficient (Wildman–Crippen LogP) is -0.0337. The summed E-state index contributed by atoms with van der Waals surface area (Å²) in [6.07, 6.45) is -1.14. The highest BCUT2D eigenvalue weighted by Gasteiger charge is 2.43. The Hall–Kier alpha value is -1.21. The van der Waals surface area contributed by atoms with Crippen molar-refractivity contribution >= 4 is 23.5 Å². The molecule has 0 saturated carbocycles. The highest BCUT2D eigenvalue weighted by atomic mass is 32.2. The Kier molecular flexibility index (Phi) is 2.62. The fourth-order valence-electron chi connectivity index (χ4n) is 1.54. The number of benzene rings is 1. The topological polar surface area (TPSA) is 112 Å². The molecule has 7 nitrogen and oxygen atoms in total. The molecule has 1 aliphatic heterocycles. The van der Waals surface area contributed by atoms with E-state index in [1.54, 1.807) is 0 Å². The first kappa shape index (κ1) is 12.3. The van der Waals surface area contributed by atoms with Crippen molar-refractivity contribution in [2.24, 2.45) is 0 Å². The molecule has 0 spiro atoms. The summed E-state index contributed by atoms with van der Waals surface area (Å²) in [5.74, 6) is -0.913. The fourth-order valence-corrected chi connectivity index (χ4v) is 4.30. The number of amides is 1. The molecule has 0 bridgehead atoms. The molecule has 0 saturated heterocycles. The highest BCUT2D eigenvalue weighted by molar-refractivity contribution is 7.90. The van der Waals surface area contributed by atoms with Crippen molar-refractivity contribution in [1.82, 2.24) is 4.31 Å². The normalized spacial score (nSPS) is 18.2. The Balaban J connectivity index is 2.56. The van der Waals surface area contributed by atoms with E-state index in [1.165, 1.54) is 24.3 Å². The van der Waals surface area contributed by atoms with Crippen LogP contribution in [0.5, 0.6) is 0 Å². The number of sulfonamides is 1. The molecular formula is C8H8NO6PS. The fraction of sp³-hybridized carbons (Fsp3) is 0.125. The number of rotatable bonds is 2. The molecule has 2 N–H and O–H groups in total. The Morgan fingerprint density at radius 1 is 1.24 bits per heavy atom. The molecule has 9 heteroatoms. The van der Waals surface area contributed by atoms with Crippen LogP contribution in [-0.2, 0) is 14.6 Å². The molecule has 0 unspecified atom stereocenters. The maximum atomic E-state index is 11.8. The van der Waals surface area contributed by atoms with Crippen molar-refractivity contribution in [2.75, 3.05) is 6.29 Å². The van der Waals surface area contributed by atoms with E-state index in [1.807, 2.05) is 0 Å². The molecular weight excluding hydrogens is 269 g/mol. The smallest absolute Gasteiger partial charge is 0.323 e. The minimum atomic E-state index is -4.63. The summed E-state index contributed by atoms with van der Waals surface area (Å²) in [4.78, 5) is 29.0. The van der Waals surface area contributed by atoms with Crippen molar-refractivity contribution < 1.29 is 27.6 Å². The van der Waals surface area contributed by atoms with Crippen LogP contribution in [0.15, 0.2) is 29.2 Å². The molecule has 0 aromatic heterocycles. The lowest BCUT2D eigenvalue weighted by molar-refractivity contribution is 0.0879. The van der Waals surface area contributed by atoms with Gasteiger partial charge >= 0.3 is 7.60 Å². The van der Waals surface area contributed by atoms with Crippen LogP contribution in [0.1, 0.15) is 10.4 Å². The molecule has 1 amide bonds. The van der Waals surface area contributed by atoms with E-state index >= 15 is 0 Å². The Morgan fingerprint density at radius 3 is 2.35 bits per heavy atom. The third-order valence-electron chi connectivity index (χ3n) is 2.22. The van der Waals surface area contributed by atoms with E-state index < -0.39 is 29.8 Å². The molecule has 1 aliphatic rings. The molecule has 92 valence electrons. The van der Waals surface area contributed by atoms with Gasteiger partial charge in [-0.2, -0.15) is 0 Å². The van der Waals surface area contributed by atoms with Crippen LogP contribution >= 0.6 is 7.60 Å². The maximum Gasteiger partial charge on any atom is 0.346 e. The van der Waals surface area contributed by atoms with E-state index in [9.17, 15) is 17.8 Å². The SMILES string of the molecule is O=C1c2ccccc2S(=O)(=O)N1CP(=O)(O)O. The molecule has 1 heterocycles. The van der Waals surface area contributed by atoms with E-state index in [2.05, 4.69) is 0 Å². The van der Waals surface area contributed by atoms with Gasteiger partial charge in [-0.1, -0.05) is 12.1 Å². The summed E-state index contributed by atoms with van der Waals surface area (Å²) >= 11 is 0. The van der Waals surface area contributed by atoms with Crippen molar-refractivity contribution in [2.45, 2.75) is 4.90 Å². The van der Waals surface area contributed by atoms with Gasteiger partial charge in [0.25, 0.3) is 15.9 Å². The number of hydrogen-bond donors (Lipinski definition) is 2. The number of hydrogen-bond acceptors (Lipinski definition) is 4. The van der Waals surface area contributed by atoms with Gasteiger partial charge in [-0.25, -0.2) is 12.7 Å². The lowest BCUT2D eigenvalue weighted by Gasteiger charge is -2.15. The van der Waals surface area contributed by atoms with Crippen LogP contribution < -0.4 is 0 Å². The minimum absolute atomic E-state index is 0.0686. The number of carbonyl (C=O) groups is 1. The van der Waals surface area contributed by atoms with E-state index in [0.717, 1.165) is 0 Å². The van der Waals surface area contributed by atoms with Crippen molar-refractivity contribution in [3.63, 3.8) is 0 Å². The molecule has 0 atom stereocenters. The van der Waals surface area contributed by atoms with Gasteiger partial charge in [-0.05, 0) is 12.1 Å². The zero-order valence-electron chi connectivity index (χ0n) is 8.35. The maximum absolute atomic E-state index is 11.8.